The first-order valence-electron chi connectivity index (χ1n) is 7.30. The van der Waals surface area contributed by atoms with Crippen LogP contribution in [0.1, 0.15) is 24.1 Å². The van der Waals surface area contributed by atoms with Crippen LogP contribution in [0.5, 0.6) is 0 Å². The van der Waals surface area contributed by atoms with E-state index in [2.05, 4.69) is 15.4 Å². The van der Waals surface area contributed by atoms with Crippen LogP contribution in [-0.2, 0) is 11.3 Å². The number of fused-ring (bicyclic) bond motifs is 1. The number of carbonyl (C=O) groups is 1. The molecule has 7 heteroatoms. The molecular weight excluding hydrogens is 294 g/mol. The van der Waals surface area contributed by atoms with Gasteiger partial charge in [0.15, 0.2) is 5.65 Å². The van der Waals surface area contributed by atoms with Gasteiger partial charge in [0.1, 0.15) is 12.9 Å². The van der Waals surface area contributed by atoms with E-state index in [4.69, 9.17) is 0 Å². The molecule has 23 heavy (non-hydrogen) atoms. The van der Waals surface area contributed by atoms with Crippen LogP contribution >= 0.6 is 0 Å². The number of carbonyl (C=O) groups excluding carboxylic acids is 1. The average molecular weight is 311 g/mol. The minimum Gasteiger partial charge on any atom is -0.348 e. The zero-order valence-electron chi connectivity index (χ0n) is 12.9. The smallest absolute Gasteiger partial charge is 0.348 e. The highest BCUT2D eigenvalue weighted by molar-refractivity contribution is 5.76. The zero-order chi connectivity index (χ0) is 16.4. The van der Waals surface area contributed by atoms with E-state index in [0.717, 1.165) is 15.8 Å². The first-order chi connectivity index (χ1) is 11.0. The fraction of sp³-hybridized carbons (Fsp3) is 0.250. The van der Waals surface area contributed by atoms with Gasteiger partial charge in [-0.2, -0.15) is 0 Å². The highest BCUT2D eigenvalue weighted by Gasteiger charge is 2.13. The topological polar surface area (TPSA) is 81.3 Å². The second-order valence-electron chi connectivity index (χ2n) is 5.45. The Kier molecular flexibility index (Phi) is 3.92. The van der Waals surface area contributed by atoms with Gasteiger partial charge in [0.2, 0.25) is 5.91 Å². The molecule has 0 bridgehead atoms. The molecule has 0 radical (unpaired) electrons. The van der Waals surface area contributed by atoms with Gasteiger partial charge in [-0.3, -0.25) is 4.79 Å². The summed E-state index contributed by atoms with van der Waals surface area (Å²) in [5.41, 5.74) is 2.25. The maximum atomic E-state index is 12.2. The summed E-state index contributed by atoms with van der Waals surface area (Å²) >= 11 is 0. The predicted molar refractivity (Wildman–Crippen MR) is 85.0 cm³/mol. The molecule has 1 aromatic carbocycles. The van der Waals surface area contributed by atoms with E-state index >= 15 is 0 Å². The Bertz CT molecular complexity index is 895. The van der Waals surface area contributed by atoms with E-state index in [9.17, 15) is 9.59 Å². The van der Waals surface area contributed by atoms with Crippen molar-refractivity contribution in [3.63, 3.8) is 0 Å². The molecule has 0 aliphatic rings. The maximum absolute atomic E-state index is 12.2. The van der Waals surface area contributed by atoms with Gasteiger partial charge in [0, 0.05) is 12.3 Å². The van der Waals surface area contributed by atoms with Gasteiger partial charge in [0.05, 0.1) is 6.04 Å². The van der Waals surface area contributed by atoms with Crippen LogP contribution in [0.4, 0.5) is 0 Å². The summed E-state index contributed by atoms with van der Waals surface area (Å²) in [4.78, 5) is 28.1. The van der Waals surface area contributed by atoms with Gasteiger partial charge in [-0.15, -0.1) is 5.10 Å². The standard InChI is InChI=1S/C16H17N5O2/c1-11-3-5-13(6-4-11)12(2)18-15(22)9-21-16(23)20-10-17-8-7-14(20)19-21/h3-8,10,12H,9H2,1-2H3,(H,18,22)/t12-/m0/s1. The first-order valence-corrected chi connectivity index (χ1v) is 7.30. The fourth-order valence-electron chi connectivity index (χ4n) is 2.34. The molecule has 0 saturated heterocycles. The molecule has 0 aliphatic carbocycles. The Morgan fingerprint density at radius 3 is 2.70 bits per heavy atom. The molecule has 0 saturated carbocycles. The van der Waals surface area contributed by atoms with Gasteiger partial charge in [-0.25, -0.2) is 18.9 Å². The van der Waals surface area contributed by atoms with Gasteiger partial charge in [0.25, 0.3) is 0 Å². The van der Waals surface area contributed by atoms with Crippen LogP contribution in [-0.4, -0.2) is 25.1 Å². The number of nitrogens with one attached hydrogen (secondary N) is 1. The lowest BCUT2D eigenvalue weighted by atomic mass is 10.1. The molecule has 0 aliphatic heterocycles. The molecule has 0 fully saturated rings. The third-order valence-corrected chi connectivity index (χ3v) is 3.64. The van der Waals surface area contributed by atoms with Crippen molar-refractivity contribution in [1.29, 1.82) is 0 Å². The Balaban J connectivity index is 1.72. The lowest BCUT2D eigenvalue weighted by Gasteiger charge is -2.14. The number of benzene rings is 1. The molecule has 1 N–H and O–H groups in total. The number of aryl methyl sites for hydroxylation is 1. The second-order valence-corrected chi connectivity index (χ2v) is 5.45. The molecule has 3 aromatic rings. The van der Waals surface area contributed by atoms with Gasteiger partial charge in [-0.1, -0.05) is 29.8 Å². The van der Waals surface area contributed by atoms with Crippen molar-refractivity contribution >= 4 is 11.6 Å². The summed E-state index contributed by atoms with van der Waals surface area (Å²) in [5, 5.41) is 6.98. The molecule has 7 nitrogen and oxygen atoms in total. The summed E-state index contributed by atoms with van der Waals surface area (Å²) in [6, 6.07) is 9.42. The van der Waals surface area contributed by atoms with Crippen LogP contribution in [0.2, 0.25) is 0 Å². The Hall–Kier alpha value is -2.96. The normalized spacial score (nSPS) is 12.3. The van der Waals surface area contributed by atoms with E-state index in [1.54, 1.807) is 12.3 Å². The number of aromatic nitrogens is 4. The molecule has 0 spiro atoms. The molecule has 2 aromatic heterocycles. The minimum atomic E-state index is -0.383. The predicted octanol–water partition coefficient (Wildman–Crippen LogP) is 1.08. The second kappa shape index (κ2) is 6.04. The molecule has 118 valence electrons. The van der Waals surface area contributed by atoms with Crippen LogP contribution in [0.3, 0.4) is 0 Å². The van der Waals surface area contributed by atoms with Gasteiger partial charge < -0.3 is 5.32 Å². The van der Waals surface area contributed by atoms with Crippen LogP contribution in [0, 0.1) is 6.92 Å². The molecule has 0 unspecified atom stereocenters. The number of rotatable bonds is 4. The number of nitrogens with zero attached hydrogens (tertiary/aromatic N) is 4. The van der Waals surface area contributed by atoms with E-state index in [0.29, 0.717) is 5.65 Å². The van der Waals surface area contributed by atoms with Crippen molar-refractivity contribution in [1.82, 2.24) is 24.5 Å². The molecule has 1 atom stereocenters. The number of hydrogen-bond donors (Lipinski definition) is 1. The van der Waals surface area contributed by atoms with Crippen molar-refractivity contribution in [3.05, 3.63) is 64.5 Å². The van der Waals surface area contributed by atoms with E-state index in [1.165, 1.54) is 10.7 Å². The van der Waals surface area contributed by atoms with E-state index < -0.39 is 0 Å². The largest absolute Gasteiger partial charge is 0.352 e. The lowest BCUT2D eigenvalue weighted by Crippen LogP contribution is -2.34. The minimum absolute atomic E-state index is 0.128. The van der Waals surface area contributed by atoms with Crippen molar-refractivity contribution in [2.75, 3.05) is 0 Å². The fourth-order valence-corrected chi connectivity index (χ4v) is 2.34. The Labute approximate surface area is 132 Å². The van der Waals surface area contributed by atoms with Crippen molar-refractivity contribution in [2.24, 2.45) is 0 Å². The van der Waals surface area contributed by atoms with Crippen molar-refractivity contribution in [2.45, 2.75) is 26.4 Å². The lowest BCUT2D eigenvalue weighted by molar-refractivity contribution is -0.122. The summed E-state index contributed by atoms with van der Waals surface area (Å²) in [5.74, 6) is -0.267. The monoisotopic (exact) mass is 311 g/mol. The number of amides is 1. The van der Waals surface area contributed by atoms with Gasteiger partial charge in [-0.05, 0) is 19.4 Å². The zero-order valence-corrected chi connectivity index (χ0v) is 12.9. The third kappa shape index (κ3) is 3.13. The average Bonchev–Trinajstić information content (AvgIpc) is 2.84. The quantitative estimate of drug-likeness (QED) is 0.781. The van der Waals surface area contributed by atoms with Crippen molar-refractivity contribution in [3.8, 4) is 0 Å². The van der Waals surface area contributed by atoms with E-state index in [-0.39, 0.29) is 24.2 Å². The molecular formula is C16H17N5O2. The summed E-state index contributed by atoms with van der Waals surface area (Å²) < 4.78 is 2.44. The van der Waals surface area contributed by atoms with Crippen LogP contribution < -0.4 is 11.0 Å². The highest BCUT2D eigenvalue weighted by Crippen LogP contribution is 2.12. The van der Waals surface area contributed by atoms with Crippen LogP contribution in [0.25, 0.3) is 5.65 Å². The van der Waals surface area contributed by atoms with Crippen LogP contribution in [0.15, 0.2) is 47.7 Å². The molecule has 1 amide bonds. The SMILES string of the molecule is Cc1ccc([C@H](C)NC(=O)Cn2nc3ccncn3c2=O)cc1. The first kappa shape index (κ1) is 15.0. The molecule has 3 rings (SSSR count). The van der Waals surface area contributed by atoms with Crippen molar-refractivity contribution < 1.29 is 4.79 Å². The number of hydrogen-bond acceptors (Lipinski definition) is 4. The Morgan fingerprint density at radius 2 is 2.00 bits per heavy atom. The highest BCUT2D eigenvalue weighted by atomic mass is 16.2. The summed E-state index contributed by atoms with van der Waals surface area (Å²) in [6.45, 7) is 3.79. The summed E-state index contributed by atoms with van der Waals surface area (Å²) in [6.07, 6.45) is 2.93. The maximum Gasteiger partial charge on any atom is 0.352 e. The van der Waals surface area contributed by atoms with Gasteiger partial charge >= 0.3 is 5.69 Å². The van der Waals surface area contributed by atoms with E-state index in [1.807, 2.05) is 38.1 Å². The summed E-state index contributed by atoms with van der Waals surface area (Å²) in [7, 11) is 0. The third-order valence-electron chi connectivity index (χ3n) is 3.64. The molecule has 2 heterocycles. The Morgan fingerprint density at radius 1 is 1.26 bits per heavy atom.